The number of nitrogens with two attached hydrogens (primary N) is 1. The Labute approximate surface area is 120 Å². The van der Waals surface area contributed by atoms with E-state index in [0.29, 0.717) is 25.7 Å². The van der Waals surface area contributed by atoms with Gasteiger partial charge in [-0.05, 0) is 17.0 Å². The molecule has 1 saturated heterocycles. The Morgan fingerprint density at radius 1 is 1.35 bits per heavy atom. The van der Waals surface area contributed by atoms with E-state index < -0.39 is 0 Å². The zero-order chi connectivity index (χ0) is 14.7. The molecule has 1 aromatic carbocycles. The van der Waals surface area contributed by atoms with Crippen LogP contribution in [0.15, 0.2) is 24.3 Å². The molecular formula is C16H24N2O2. The summed E-state index contributed by atoms with van der Waals surface area (Å²) in [4.78, 5) is 14.0. The quantitative estimate of drug-likeness (QED) is 0.911. The summed E-state index contributed by atoms with van der Waals surface area (Å²) in [7, 11) is 1.82. The highest BCUT2D eigenvalue weighted by Gasteiger charge is 2.33. The smallest absolute Gasteiger partial charge is 0.229 e. The Hall–Kier alpha value is -1.39. The molecule has 0 aliphatic carbocycles. The van der Waals surface area contributed by atoms with Gasteiger partial charge < -0.3 is 15.4 Å². The monoisotopic (exact) mass is 276 g/mol. The van der Waals surface area contributed by atoms with Crippen LogP contribution in [0.4, 0.5) is 0 Å². The molecule has 20 heavy (non-hydrogen) atoms. The number of carbonyl (C=O) groups excluding carboxylic acids is 1. The van der Waals surface area contributed by atoms with Gasteiger partial charge in [-0.3, -0.25) is 4.79 Å². The molecule has 1 amide bonds. The first-order chi connectivity index (χ1) is 9.49. The van der Waals surface area contributed by atoms with Crippen molar-refractivity contribution >= 4 is 5.91 Å². The summed E-state index contributed by atoms with van der Waals surface area (Å²) in [5, 5.41) is 0. The van der Waals surface area contributed by atoms with Gasteiger partial charge in [-0.15, -0.1) is 0 Å². The Balaban J connectivity index is 1.96. The summed E-state index contributed by atoms with van der Waals surface area (Å²) in [6.07, 6.45) is 0. The fourth-order valence-corrected chi connectivity index (χ4v) is 2.47. The van der Waals surface area contributed by atoms with E-state index in [-0.39, 0.29) is 17.9 Å². The molecule has 0 saturated carbocycles. The molecule has 1 aromatic rings. The fraction of sp³-hybridized carbons (Fsp3) is 0.562. The van der Waals surface area contributed by atoms with Crippen molar-refractivity contribution in [1.29, 1.82) is 0 Å². The van der Waals surface area contributed by atoms with Crippen LogP contribution in [-0.4, -0.2) is 37.1 Å². The highest BCUT2D eigenvalue weighted by atomic mass is 16.5. The molecule has 0 radical (unpaired) electrons. The van der Waals surface area contributed by atoms with Crippen LogP contribution in [0, 0.1) is 5.92 Å². The lowest BCUT2D eigenvalue weighted by Gasteiger charge is -2.22. The topological polar surface area (TPSA) is 55.6 Å². The molecule has 2 N–H and O–H groups in total. The van der Waals surface area contributed by atoms with E-state index in [1.165, 1.54) is 5.56 Å². The highest BCUT2D eigenvalue weighted by molar-refractivity contribution is 5.79. The normalized spacial score (nSPS) is 22.2. The van der Waals surface area contributed by atoms with Crippen LogP contribution in [0.1, 0.15) is 30.9 Å². The maximum Gasteiger partial charge on any atom is 0.229 e. The van der Waals surface area contributed by atoms with Gasteiger partial charge in [-0.25, -0.2) is 0 Å². The average molecular weight is 276 g/mol. The number of hydrogen-bond acceptors (Lipinski definition) is 3. The lowest BCUT2D eigenvalue weighted by atomic mass is 10.0. The van der Waals surface area contributed by atoms with Crippen molar-refractivity contribution in [3.05, 3.63) is 35.4 Å². The number of amides is 1. The van der Waals surface area contributed by atoms with Crippen molar-refractivity contribution in [3.8, 4) is 0 Å². The first-order valence-corrected chi connectivity index (χ1v) is 7.16. The molecule has 110 valence electrons. The first-order valence-electron chi connectivity index (χ1n) is 7.16. The summed E-state index contributed by atoms with van der Waals surface area (Å²) in [5.41, 5.74) is 8.34. The summed E-state index contributed by atoms with van der Waals surface area (Å²) in [6.45, 7) is 5.88. The van der Waals surface area contributed by atoms with E-state index in [0.717, 1.165) is 5.56 Å². The first kappa shape index (κ1) is 15.0. The minimum Gasteiger partial charge on any atom is -0.379 e. The second-order valence-electron chi connectivity index (χ2n) is 5.90. The Morgan fingerprint density at radius 3 is 2.50 bits per heavy atom. The van der Waals surface area contributed by atoms with Gasteiger partial charge in [0.2, 0.25) is 5.91 Å². The summed E-state index contributed by atoms with van der Waals surface area (Å²) in [5.74, 6) is 0.398. The van der Waals surface area contributed by atoms with Gasteiger partial charge in [0, 0.05) is 19.6 Å². The van der Waals surface area contributed by atoms with E-state index in [1.807, 2.05) is 7.05 Å². The summed E-state index contributed by atoms with van der Waals surface area (Å²) < 4.78 is 5.26. The van der Waals surface area contributed by atoms with Crippen molar-refractivity contribution in [1.82, 2.24) is 4.90 Å². The zero-order valence-corrected chi connectivity index (χ0v) is 12.5. The molecule has 0 spiro atoms. The Bertz CT molecular complexity index is 456. The standard InChI is InChI=1S/C16H24N2O2/c1-11(2)13-6-4-12(5-7-13)8-18(3)16(19)14-9-20-10-15(14)17/h4-7,11,14-15H,8-10,17H2,1-3H3. The van der Waals surface area contributed by atoms with Gasteiger partial charge in [0.15, 0.2) is 0 Å². The maximum atomic E-state index is 12.3. The number of benzene rings is 1. The minimum absolute atomic E-state index is 0.0722. The molecule has 1 aliphatic heterocycles. The molecule has 4 heteroatoms. The number of hydrogen-bond donors (Lipinski definition) is 1. The van der Waals surface area contributed by atoms with Gasteiger partial charge in [0.05, 0.1) is 19.1 Å². The van der Waals surface area contributed by atoms with Crippen LogP contribution >= 0.6 is 0 Å². The maximum absolute atomic E-state index is 12.3. The second-order valence-corrected chi connectivity index (χ2v) is 5.90. The van der Waals surface area contributed by atoms with Gasteiger partial charge >= 0.3 is 0 Å². The molecular weight excluding hydrogens is 252 g/mol. The van der Waals surface area contributed by atoms with Crippen LogP contribution < -0.4 is 5.73 Å². The Kier molecular flexibility index (Phi) is 4.78. The van der Waals surface area contributed by atoms with Crippen molar-refractivity contribution in [2.45, 2.75) is 32.4 Å². The lowest BCUT2D eigenvalue weighted by molar-refractivity contribution is -0.135. The van der Waals surface area contributed by atoms with E-state index >= 15 is 0 Å². The second kappa shape index (κ2) is 6.37. The molecule has 0 bridgehead atoms. The molecule has 1 aliphatic rings. The van der Waals surface area contributed by atoms with Gasteiger partial charge in [-0.2, -0.15) is 0 Å². The van der Waals surface area contributed by atoms with Crippen LogP contribution in [-0.2, 0) is 16.1 Å². The highest BCUT2D eigenvalue weighted by Crippen LogP contribution is 2.18. The van der Waals surface area contributed by atoms with E-state index in [1.54, 1.807) is 4.90 Å². The molecule has 1 fully saturated rings. The van der Waals surface area contributed by atoms with Gasteiger partial charge in [0.25, 0.3) is 0 Å². The van der Waals surface area contributed by atoms with Gasteiger partial charge in [-0.1, -0.05) is 38.1 Å². The summed E-state index contributed by atoms with van der Waals surface area (Å²) in [6, 6.07) is 8.26. The van der Waals surface area contributed by atoms with E-state index in [2.05, 4.69) is 38.1 Å². The zero-order valence-electron chi connectivity index (χ0n) is 12.5. The average Bonchev–Trinajstić information content (AvgIpc) is 2.84. The van der Waals surface area contributed by atoms with Gasteiger partial charge in [0.1, 0.15) is 0 Å². The molecule has 2 unspecified atom stereocenters. The van der Waals surface area contributed by atoms with Crippen LogP contribution in [0.25, 0.3) is 0 Å². The van der Waals surface area contributed by atoms with Crippen LogP contribution in [0.2, 0.25) is 0 Å². The van der Waals surface area contributed by atoms with Crippen LogP contribution in [0.5, 0.6) is 0 Å². The number of nitrogens with zero attached hydrogens (tertiary/aromatic N) is 1. The third kappa shape index (κ3) is 3.38. The van der Waals surface area contributed by atoms with E-state index in [9.17, 15) is 4.79 Å². The lowest BCUT2D eigenvalue weighted by Crippen LogP contribution is -2.41. The third-order valence-electron chi connectivity index (χ3n) is 3.88. The molecule has 0 aromatic heterocycles. The van der Waals surface area contributed by atoms with Crippen molar-refractivity contribution < 1.29 is 9.53 Å². The molecule has 4 nitrogen and oxygen atoms in total. The van der Waals surface area contributed by atoms with Crippen molar-refractivity contribution in [2.75, 3.05) is 20.3 Å². The molecule has 2 atom stereocenters. The number of ether oxygens (including phenoxy) is 1. The van der Waals surface area contributed by atoms with Crippen molar-refractivity contribution in [2.24, 2.45) is 11.7 Å². The van der Waals surface area contributed by atoms with Crippen molar-refractivity contribution in [3.63, 3.8) is 0 Å². The Morgan fingerprint density at radius 2 is 2.00 bits per heavy atom. The third-order valence-corrected chi connectivity index (χ3v) is 3.88. The van der Waals surface area contributed by atoms with Crippen LogP contribution in [0.3, 0.4) is 0 Å². The molecule has 1 heterocycles. The number of rotatable bonds is 4. The number of carbonyl (C=O) groups is 1. The predicted molar refractivity (Wildman–Crippen MR) is 79.3 cm³/mol. The fourth-order valence-electron chi connectivity index (χ4n) is 2.47. The minimum atomic E-state index is -0.199. The SMILES string of the molecule is CC(C)c1ccc(CN(C)C(=O)C2COCC2N)cc1. The predicted octanol–water partition coefficient (Wildman–Crippen LogP) is 1.74. The largest absolute Gasteiger partial charge is 0.379 e. The van der Waals surface area contributed by atoms with E-state index in [4.69, 9.17) is 10.5 Å². The molecule has 2 rings (SSSR count). The summed E-state index contributed by atoms with van der Waals surface area (Å²) >= 11 is 0.